The van der Waals surface area contributed by atoms with Gasteiger partial charge in [-0.25, -0.2) is 4.98 Å². The number of nitro benzene ring substituents is 1. The highest BCUT2D eigenvalue weighted by atomic mass is 32.1. The Morgan fingerprint density at radius 3 is 2.86 bits per heavy atom. The van der Waals surface area contributed by atoms with Crippen LogP contribution in [0.15, 0.2) is 16.9 Å². The third kappa shape index (κ3) is 3.13. The summed E-state index contributed by atoms with van der Waals surface area (Å²) in [5.41, 5.74) is 0.934. The second-order valence-corrected chi connectivity index (χ2v) is 7.61. The summed E-state index contributed by atoms with van der Waals surface area (Å²) < 4.78 is 4.99. The lowest BCUT2D eigenvalue weighted by Crippen LogP contribution is -2.11. The molecule has 0 bridgehead atoms. The minimum Gasteiger partial charge on any atom is -0.500 e. The van der Waals surface area contributed by atoms with Gasteiger partial charge in [0.05, 0.1) is 17.4 Å². The Labute approximate surface area is 163 Å². The summed E-state index contributed by atoms with van der Waals surface area (Å²) in [5.74, 6) is -0.163. The van der Waals surface area contributed by atoms with E-state index in [4.69, 9.17) is 4.74 Å². The predicted octanol–water partition coefficient (Wildman–Crippen LogP) is 3.66. The van der Waals surface area contributed by atoms with Gasteiger partial charge in [0, 0.05) is 10.9 Å². The molecule has 8 nitrogen and oxygen atoms in total. The maximum atomic E-state index is 12.6. The van der Waals surface area contributed by atoms with E-state index in [2.05, 4.69) is 9.97 Å². The molecule has 3 aromatic rings. The van der Waals surface area contributed by atoms with Crippen LogP contribution < -0.4 is 10.3 Å². The highest BCUT2D eigenvalue weighted by Gasteiger charge is 2.20. The average molecular weight is 399 g/mol. The van der Waals surface area contributed by atoms with Crippen molar-refractivity contribution in [2.75, 3.05) is 7.11 Å². The van der Waals surface area contributed by atoms with Gasteiger partial charge in [0.15, 0.2) is 5.75 Å². The number of nitrogens with one attached hydrogen (secondary N) is 1. The molecule has 0 radical (unpaired) electrons. The molecular formula is C19H17N3O5S. The van der Waals surface area contributed by atoms with Crippen LogP contribution in [-0.2, 0) is 12.8 Å². The van der Waals surface area contributed by atoms with Gasteiger partial charge in [-0.15, -0.1) is 11.3 Å². The number of nitrogens with zero attached hydrogens (tertiary/aromatic N) is 2. The fraction of sp³-hybridized carbons (Fsp3) is 0.263. The van der Waals surface area contributed by atoms with E-state index in [1.807, 2.05) is 0 Å². The second kappa shape index (κ2) is 7.08. The molecule has 1 aliphatic rings. The number of hydrogen-bond donors (Lipinski definition) is 2. The highest BCUT2D eigenvalue weighted by molar-refractivity contribution is 7.18. The topological polar surface area (TPSA) is 118 Å². The van der Waals surface area contributed by atoms with E-state index in [0.717, 1.165) is 31.2 Å². The van der Waals surface area contributed by atoms with Crippen LogP contribution in [0.3, 0.4) is 0 Å². The second-order valence-electron chi connectivity index (χ2n) is 6.52. The smallest absolute Gasteiger partial charge is 0.315 e. The van der Waals surface area contributed by atoms with Crippen LogP contribution in [0.4, 0.5) is 5.69 Å². The molecule has 0 saturated heterocycles. The molecule has 2 heterocycles. The number of methoxy groups -OCH3 is 1. The van der Waals surface area contributed by atoms with Gasteiger partial charge < -0.3 is 14.8 Å². The third-order valence-corrected chi connectivity index (χ3v) is 5.96. The zero-order valence-electron chi connectivity index (χ0n) is 15.0. The molecule has 2 aromatic heterocycles. The molecule has 0 unspecified atom stereocenters. The SMILES string of the molecule is COc1cc(C=Cc2nc3sc4c(c3c(=O)[nH]2)CCCC4)cc([N+](=O)[O-])c1O. The van der Waals surface area contributed by atoms with Crippen LogP contribution in [0.1, 0.15) is 34.7 Å². The molecule has 28 heavy (non-hydrogen) atoms. The predicted molar refractivity (Wildman–Crippen MR) is 107 cm³/mol. The normalized spacial score (nSPS) is 13.8. The van der Waals surface area contributed by atoms with E-state index in [1.165, 1.54) is 24.1 Å². The number of rotatable bonds is 4. The molecule has 1 aromatic carbocycles. The summed E-state index contributed by atoms with van der Waals surface area (Å²) in [6.07, 6.45) is 7.26. The van der Waals surface area contributed by atoms with Gasteiger partial charge in [-0.05, 0) is 49.0 Å². The first-order valence-electron chi connectivity index (χ1n) is 8.76. The summed E-state index contributed by atoms with van der Waals surface area (Å²) in [5, 5.41) is 21.6. The van der Waals surface area contributed by atoms with Crippen molar-refractivity contribution < 1.29 is 14.8 Å². The van der Waals surface area contributed by atoms with Crippen molar-refractivity contribution in [2.45, 2.75) is 25.7 Å². The van der Waals surface area contributed by atoms with Gasteiger partial charge in [-0.3, -0.25) is 14.9 Å². The number of H-pyrrole nitrogens is 1. The number of aryl methyl sites for hydroxylation is 2. The van der Waals surface area contributed by atoms with E-state index in [-0.39, 0.29) is 11.3 Å². The first kappa shape index (κ1) is 18.2. The van der Waals surface area contributed by atoms with Crippen molar-refractivity contribution in [1.29, 1.82) is 0 Å². The number of aromatic amines is 1. The first-order chi connectivity index (χ1) is 13.5. The third-order valence-electron chi connectivity index (χ3n) is 4.77. The van der Waals surface area contributed by atoms with Crippen molar-refractivity contribution in [3.05, 3.63) is 54.4 Å². The Bertz CT molecular complexity index is 1180. The standard InChI is InChI=1S/C19H17N3O5S/c1-27-13-9-10(8-12(17(13)23)22(25)26)6-7-15-20-18(24)16-11-4-2-3-5-14(11)28-19(16)21-15/h6-9,23H,2-5H2,1H3,(H,20,21,24). The number of phenols is 1. The Morgan fingerprint density at radius 1 is 1.32 bits per heavy atom. The van der Waals surface area contributed by atoms with E-state index in [9.17, 15) is 20.0 Å². The van der Waals surface area contributed by atoms with Crippen LogP contribution in [0.25, 0.3) is 22.4 Å². The molecule has 2 N–H and O–H groups in total. The van der Waals surface area contributed by atoms with Crippen molar-refractivity contribution in [3.63, 3.8) is 0 Å². The Balaban J connectivity index is 1.74. The summed E-state index contributed by atoms with van der Waals surface area (Å²) in [6.45, 7) is 0. The van der Waals surface area contributed by atoms with E-state index >= 15 is 0 Å². The van der Waals surface area contributed by atoms with E-state index in [1.54, 1.807) is 23.5 Å². The number of phenolic OH excluding ortho intramolecular Hbond substituents is 1. The lowest BCUT2D eigenvalue weighted by molar-refractivity contribution is -0.386. The van der Waals surface area contributed by atoms with Crippen LogP contribution in [0, 0.1) is 10.1 Å². The number of aromatic hydroxyl groups is 1. The molecule has 144 valence electrons. The Hall–Kier alpha value is -3.20. The zero-order valence-corrected chi connectivity index (χ0v) is 15.8. The van der Waals surface area contributed by atoms with Gasteiger partial charge in [0.2, 0.25) is 5.75 Å². The number of aromatic nitrogens is 2. The molecule has 0 fully saturated rings. The number of ether oxygens (including phenoxy) is 1. The van der Waals surface area contributed by atoms with Crippen molar-refractivity contribution in [3.8, 4) is 11.5 Å². The number of thiophene rings is 1. The number of fused-ring (bicyclic) bond motifs is 3. The highest BCUT2D eigenvalue weighted by Crippen LogP contribution is 2.37. The molecular weight excluding hydrogens is 382 g/mol. The van der Waals surface area contributed by atoms with Crippen molar-refractivity contribution in [2.24, 2.45) is 0 Å². The minimum atomic E-state index is -0.683. The summed E-state index contributed by atoms with van der Waals surface area (Å²) in [6, 6.07) is 2.70. The monoisotopic (exact) mass is 399 g/mol. The Kier molecular flexibility index (Phi) is 4.60. The number of nitro groups is 1. The fourth-order valence-corrected chi connectivity index (χ4v) is 4.71. The van der Waals surface area contributed by atoms with E-state index < -0.39 is 16.4 Å². The van der Waals surface area contributed by atoms with Crippen molar-refractivity contribution in [1.82, 2.24) is 9.97 Å². The maximum absolute atomic E-state index is 12.6. The molecule has 0 aliphatic heterocycles. The first-order valence-corrected chi connectivity index (χ1v) is 9.57. The van der Waals surface area contributed by atoms with E-state index in [0.29, 0.717) is 21.6 Å². The molecule has 1 aliphatic carbocycles. The summed E-state index contributed by atoms with van der Waals surface area (Å²) >= 11 is 1.56. The fourth-order valence-electron chi connectivity index (χ4n) is 3.44. The van der Waals surface area contributed by atoms with Crippen molar-refractivity contribution >= 4 is 39.4 Å². The van der Waals surface area contributed by atoms with Crippen LogP contribution in [0.5, 0.6) is 11.5 Å². The van der Waals surface area contributed by atoms with Gasteiger partial charge in [0.25, 0.3) is 5.56 Å². The summed E-state index contributed by atoms with van der Waals surface area (Å²) in [4.78, 5) is 32.3. The van der Waals surface area contributed by atoms with Gasteiger partial charge in [0.1, 0.15) is 10.7 Å². The average Bonchev–Trinajstić information content (AvgIpc) is 3.05. The zero-order chi connectivity index (χ0) is 19.8. The van der Waals surface area contributed by atoms with Gasteiger partial charge >= 0.3 is 5.69 Å². The maximum Gasteiger partial charge on any atom is 0.315 e. The van der Waals surface area contributed by atoms with Crippen LogP contribution >= 0.6 is 11.3 Å². The van der Waals surface area contributed by atoms with Crippen LogP contribution in [-0.4, -0.2) is 27.1 Å². The van der Waals surface area contributed by atoms with Crippen LogP contribution in [0.2, 0.25) is 0 Å². The molecule has 9 heteroatoms. The number of hydrogen-bond acceptors (Lipinski definition) is 7. The molecule has 0 atom stereocenters. The molecule has 4 rings (SSSR count). The molecule has 0 spiro atoms. The van der Waals surface area contributed by atoms with Gasteiger partial charge in [-0.1, -0.05) is 6.08 Å². The minimum absolute atomic E-state index is 0.00307. The quantitative estimate of drug-likeness (QED) is 0.511. The Morgan fingerprint density at radius 2 is 2.11 bits per heavy atom. The van der Waals surface area contributed by atoms with Gasteiger partial charge in [-0.2, -0.15) is 0 Å². The molecule has 0 saturated carbocycles. The molecule has 0 amide bonds. The summed E-state index contributed by atoms with van der Waals surface area (Å²) in [7, 11) is 1.32. The lowest BCUT2D eigenvalue weighted by atomic mass is 9.97. The largest absolute Gasteiger partial charge is 0.500 e. The lowest BCUT2D eigenvalue weighted by Gasteiger charge is -2.09. The number of benzene rings is 1.